The first-order valence-electron chi connectivity index (χ1n) is 1.67. The van der Waals surface area contributed by atoms with E-state index in [-0.39, 0.29) is 5.57 Å². The molecule has 0 aromatic rings. The van der Waals surface area contributed by atoms with E-state index in [4.69, 9.17) is 0 Å². The third-order valence-electron chi connectivity index (χ3n) is 0.484. The van der Waals surface area contributed by atoms with E-state index in [0.29, 0.717) is 0 Å². The van der Waals surface area contributed by atoms with Crippen LogP contribution in [0, 0.1) is 0 Å². The Morgan fingerprint density at radius 2 is 1.86 bits per heavy atom. The first kappa shape index (κ1) is 7.08. The van der Waals surface area contributed by atoms with Crippen LogP contribution in [0.2, 0.25) is 0 Å². The second kappa shape index (κ2) is 1.90. The van der Waals surface area contributed by atoms with Gasteiger partial charge in [-0.15, -0.1) is 0 Å². The fraction of sp³-hybridized carbons (Fsp3) is 0.500. The van der Waals surface area contributed by atoms with Gasteiger partial charge < -0.3 is 0 Å². The van der Waals surface area contributed by atoms with Crippen LogP contribution in [0.15, 0.2) is 12.2 Å². The molecule has 0 atom stereocenters. The molecule has 0 saturated heterocycles. The number of hydrogen-bond donors (Lipinski definition) is 0. The van der Waals surface area contributed by atoms with Gasteiger partial charge in [0.05, 0.1) is 0 Å². The Morgan fingerprint density at radius 3 is 1.86 bits per heavy atom. The van der Waals surface area contributed by atoms with Crippen molar-refractivity contribution >= 4 is 15.9 Å². The molecule has 0 aliphatic rings. The van der Waals surface area contributed by atoms with Crippen molar-refractivity contribution in [3.63, 3.8) is 0 Å². The Kier molecular flexibility index (Phi) is 1.92. The third-order valence-corrected chi connectivity index (χ3v) is 1.16. The van der Waals surface area contributed by atoms with Gasteiger partial charge in [-0.3, -0.25) is 0 Å². The molecule has 0 heterocycles. The molecule has 0 fully saturated rings. The minimum Gasteiger partial charge on any atom is -0.189 e. The smallest absolute Gasteiger partial charge is 0.189 e. The zero-order valence-corrected chi connectivity index (χ0v) is 5.43. The van der Waals surface area contributed by atoms with Crippen LogP contribution in [0.5, 0.6) is 0 Å². The van der Waals surface area contributed by atoms with Gasteiger partial charge in [-0.25, -0.2) is 0 Å². The Balaban J connectivity index is 3.79. The molecule has 0 rings (SSSR count). The summed E-state index contributed by atoms with van der Waals surface area (Å²) in [6.07, 6.45) is 0. The zero-order chi connectivity index (χ0) is 6.08. The van der Waals surface area contributed by atoms with Crippen LogP contribution in [0.4, 0.5) is 8.78 Å². The monoisotopic (exact) mass is 170 g/mol. The Labute approximate surface area is 49.3 Å². The molecule has 0 spiro atoms. The quantitative estimate of drug-likeness (QED) is 0.420. The molecule has 3 heteroatoms. The van der Waals surface area contributed by atoms with E-state index < -0.39 is 4.83 Å². The highest BCUT2D eigenvalue weighted by Gasteiger charge is 2.23. The molecule has 0 aliphatic carbocycles. The first-order chi connectivity index (χ1) is 2.94. The molecular weight excluding hydrogens is 166 g/mol. The summed E-state index contributed by atoms with van der Waals surface area (Å²) in [5.74, 6) is 0. The SMILES string of the molecule is C=C(C)C(F)(F)Br. The van der Waals surface area contributed by atoms with Gasteiger partial charge in [0, 0.05) is 0 Å². The summed E-state index contributed by atoms with van der Waals surface area (Å²) in [6, 6.07) is 0. The maximum Gasteiger partial charge on any atom is 0.322 e. The summed E-state index contributed by atoms with van der Waals surface area (Å²) in [7, 11) is 0. The molecule has 7 heavy (non-hydrogen) atoms. The number of hydrogen-bond acceptors (Lipinski definition) is 0. The maximum atomic E-state index is 11.7. The number of halogens is 3. The first-order valence-corrected chi connectivity index (χ1v) is 2.46. The van der Waals surface area contributed by atoms with Crippen LogP contribution in [-0.2, 0) is 0 Å². The van der Waals surface area contributed by atoms with Gasteiger partial charge in [0.25, 0.3) is 0 Å². The van der Waals surface area contributed by atoms with Crippen LogP contribution in [0.25, 0.3) is 0 Å². The van der Waals surface area contributed by atoms with Crippen molar-refractivity contribution in [3.8, 4) is 0 Å². The summed E-state index contributed by atoms with van der Waals surface area (Å²) in [5.41, 5.74) is -0.174. The maximum absolute atomic E-state index is 11.7. The molecule has 0 unspecified atom stereocenters. The lowest BCUT2D eigenvalue weighted by Crippen LogP contribution is -2.03. The summed E-state index contributed by atoms with van der Waals surface area (Å²) in [5, 5.41) is 0. The molecule has 0 saturated carbocycles. The highest BCUT2D eigenvalue weighted by molar-refractivity contribution is 9.10. The van der Waals surface area contributed by atoms with E-state index in [1.165, 1.54) is 6.92 Å². The van der Waals surface area contributed by atoms with Crippen molar-refractivity contribution in [2.24, 2.45) is 0 Å². The van der Waals surface area contributed by atoms with Crippen molar-refractivity contribution < 1.29 is 8.78 Å². The van der Waals surface area contributed by atoms with Gasteiger partial charge in [0.1, 0.15) is 0 Å². The zero-order valence-electron chi connectivity index (χ0n) is 3.84. The third kappa shape index (κ3) is 2.74. The van der Waals surface area contributed by atoms with Gasteiger partial charge in [0.15, 0.2) is 0 Å². The summed E-state index contributed by atoms with van der Waals surface area (Å²) < 4.78 is 23.3. The van der Waals surface area contributed by atoms with Crippen molar-refractivity contribution in [2.75, 3.05) is 0 Å². The van der Waals surface area contributed by atoms with Crippen molar-refractivity contribution in [1.82, 2.24) is 0 Å². The molecule has 0 aromatic heterocycles. The van der Waals surface area contributed by atoms with E-state index >= 15 is 0 Å². The van der Waals surface area contributed by atoms with Gasteiger partial charge in [-0.05, 0) is 28.4 Å². The molecule has 0 aromatic carbocycles. The van der Waals surface area contributed by atoms with Gasteiger partial charge in [-0.1, -0.05) is 6.58 Å². The lowest BCUT2D eigenvalue weighted by atomic mass is 10.4. The van der Waals surface area contributed by atoms with Crippen molar-refractivity contribution in [3.05, 3.63) is 12.2 Å². The Bertz CT molecular complexity index is 82.2. The normalized spacial score (nSPS) is 11.4. The Morgan fingerprint density at radius 1 is 1.71 bits per heavy atom. The van der Waals surface area contributed by atoms with Gasteiger partial charge in [0.2, 0.25) is 0 Å². The lowest BCUT2D eigenvalue weighted by molar-refractivity contribution is 0.157. The highest BCUT2D eigenvalue weighted by atomic mass is 79.9. The van der Waals surface area contributed by atoms with Crippen LogP contribution >= 0.6 is 15.9 Å². The molecule has 0 nitrogen and oxygen atoms in total. The Hall–Kier alpha value is 0.0800. The molecular formula is C4H5BrF2. The summed E-state index contributed by atoms with van der Waals surface area (Å²) in [6.45, 7) is 4.29. The molecule has 42 valence electrons. The van der Waals surface area contributed by atoms with Crippen LogP contribution < -0.4 is 0 Å². The highest BCUT2D eigenvalue weighted by Crippen LogP contribution is 2.28. The number of rotatable bonds is 1. The van der Waals surface area contributed by atoms with E-state index in [1.54, 1.807) is 0 Å². The van der Waals surface area contributed by atoms with Gasteiger partial charge >= 0.3 is 4.83 Å². The predicted octanol–water partition coefficient (Wildman–Crippen LogP) is 2.55. The number of alkyl halides is 3. The second-order valence-corrected chi connectivity index (χ2v) is 2.27. The fourth-order valence-corrected chi connectivity index (χ4v) is 0. The standard InChI is InChI=1S/C4H5BrF2/c1-3(2)4(5,6)7/h1H2,2H3. The number of allylic oxidation sites excluding steroid dienone is 1. The van der Waals surface area contributed by atoms with Crippen LogP contribution in [0.3, 0.4) is 0 Å². The summed E-state index contributed by atoms with van der Waals surface area (Å²) in [4.78, 5) is -2.88. The average Bonchev–Trinajstić information content (AvgIpc) is 1.31. The molecule has 0 bridgehead atoms. The molecule has 0 radical (unpaired) electrons. The van der Waals surface area contributed by atoms with Crippen molar-refractivity contribution in [2.45, 2.75) is 11.8 Å². The lowest BCUT2D eigenvalue weighted by Gasteiger charge is -2.03. The topological polar surface area (TPSA) is 0 Å². The van der Waals surface area contributed by atoms with Crippen LogP contribution in [-0.4, -0.2) is 4.83 Å². The second-order valence-electron chi connectivity index (χ2n) is 1.28. The molecule has 0 N–H and O–H groups in total. The van der Waals surface area contributed by atoms with E-state index in [0.717, 1.165) is 0 Å². The van der Waals surface area contributed by atoms with Crippen molar-refractivity contribution in [1.29, 1.82) is 0 Å². The summed E-state index contributed by atoms with van der Waals surface area (Å²) >= 11 is 2.11. The minimum atomic E-state index is -2.88. The molecule has 0 amide bonds. The van der Waals surface area contributed by atoms with E-state index in [1.807, 2.05) is 0 Å². The minimum absolute atomic E-state index is 0.174. The predicted molar refractivity (Wildman–Crippen MR) is 28.7 cm³/mol. The van der Waals surface area contributed by atoms with E-state index in [2.05, 4.69) is 22.5 Å². The average molecular weight is 171 g/mol. The molecule has 0 aliphatic heterocycles. The fourth-order valence-electron chi connectivity index (χ4n) is 0. The van der Waals surface area contributed by atoms with E-state index in [9.17, 15) is 8.78 Å². The largest absolute Gasteiger partial charge is 0.322 e. The van der Waals surface area contributed by atoms with Crippen LogP contribution in [0.1, 0.15) is 6.92 Å². The van der Waals surface area contributed by atoms with Gasteiger partial charge in [-0.2, -0.15) is 8.78 Å².